The second kappa shape index (κ2) is 5.81. The second-order valence-corrected chi connectivity index (χ2v) is 5.01. The van der Waals surface area contributed by atoms with Crippen LogP contribution in [0, 0.1) is 0 Å². The third kappa shape index (κ3) is 2.88. The van der Waals surface area contributed by atoms with Crippen LogP contribution in [0.15, 0.2) is 48.7 Å². The number of nitrogens with zero attached hydrogens (tertiary/aromatic N) is 2. The number of aromatic nitrogens is 2. The van der Waals surface area contributed by atoms with Gasteiger partial charge in [-0.05, 0) is 42.3 Å². The van der Waals surface area contributed by atoms with Gasteiger partial charge in [0.15, 0.2) is 0 Å². The number of aryl methyl sites for hydroxylation is 1. The van der Waals surface area contributed by atoms with Crippen molar-refractivity contribution in [2.45, 2.75) is 13.3 Å². The van der Waals surface area contributed by atoms with Gasteiger partial charge in [0.05, 0.1) is 5.52 Å². The number of nitrogens with two attached hydrogens (primary N) is 1. The average molecular weight is 292 g/mol. The predicted molar refractivity (Wildman–Crippen MR) is 87.7 cm³/mol. The lowest BCUT2D eigenvalue weighted by Crippen LogP contribution is -2.11. The number of anilines is 2. The molecule has 0 aliphatic carbocycles. The SMILES string of the molecule is CCc1ccc(C(=O)Nc2ccc3nc(N)ncc3c2)cc1. The number of carbonyl (C=O) groups is 1. The van der Waals surface area contributed by atoms with E-state index < -0.39 is 0 Å². The summed E-state index contributed by atoms with van der Waals surface area (Å²) in [6, 6.07) is 13.0. The zero-order valence-electron chi connectivity index (χ0n) is 12.2. The number of hydrogen-bond acceptors (Lipinski definition) is 4. The Morgan fingerprint density at radius 3 is 2.68 bits per heavy atom. The minimum Gasteiger partial charge on any atom is -0.368 e. The van der Waals surface area contributed by atoms with Crippen molar-refractivity contribution >= 4 is 28.4 Å². The quantitative estimate of drug-likeness (QED) is 0.777. The summed E-state index contributed by atoms with van der Waals surface area (Å²) in [6.45, 7) is 2.08. The molecule has 3 aromatic rings. The largest absolute Gasteiger partial charge is 0.368 e. The molecule has 0 saturated carbocycles. The van der Waals surface area contributed by atoms with Crippen LogP contribution in [0.1, 0.15) is 22.8 Å². The molecule has 0 bridgehead atoms. The fourth-order valence-corrected chi connectivity index (χ4v) is 2.22. The monoisotopic (exact) mass is 292 g/mol. The fraction of sp³-hybridized carbons (Fsp3) is 0.118. The van der Waals surface area contributed by atoms with E-state index in [0.717, 1.165) is 17.3 Å². The van der Waals surface area contributed by atoms with E-state index in [9.17, 15) is 4.79 Å². The Labute approximate surface area is 128 Å². The van der Waals surface area contributed by atoms with Crippen LogP contribution >= 0.6 is 0 Å². The molecular formula is C17H16N4O. The van der Waals surface area contributed by atoms with E-state index in [-0.39, 0.29) is 11.9 Å². The van der Waals surface area contributed by atoms with Gasteiger partial charge in [-0.25, -0.2) is 9.97 Å². The summed E-state index contributed by atoms with van der Waals surface area (Å²) in [5.74, 6) is 0.0960. The number of rotatable bonds is 3. The molecule has 1 heterocycles. The summed E-state index contributed by atoms with van der Waals surface area (Å²) >= 11 is 0. The third-order valence-corrected chi connectivity index (χ3v) is 3.48. The number of benzene rings is 2. The van der Waals surface area contributed by atoms with Crippen molar-refractivity contribution in [3.8, 4) is 0 Å². The Bertz CT molecular complexity index is 828. The zero-order valence-corrected chi connectivity index (χ0v) is 12.2. The molecule has 0 saturated heterocycles. The molecule has 0 spiro atoms. The van der Waals surface area contributed by atoms with E-state index >= 15 is 0 Å². The maximum absolute atomic E-state index is 12.2. The second-order valence-electron chi connectivity index (χ2n) is 5.01. The number of amides is 1. The molecule has 1 amide bonds. The maximum Gasteiger partial charge on any atom is 0.255 e. The Balaban J connectivity index is 1.82. The standard InChI is InChI=1S/C17H16N4O/c1-2-11-3-5-12(6-4-11)16(22)20-14-7-8-15-13(9-14)10-19-17(18)21-15/h3-10H,2H2,1H3,(H,20,22)(H2,18,19,21). The van der Waals surface area contributed by atoms with Crippen LogP contribution in [0.25, 0.3) is 10.9 Å². The summed E-state index contributed by atoms with van der Waals surface area (Å²) in [5, 5.41) is 3.70. The van der Waals surface area contributed by atoms with Crippen LogP contribution in [0.5, 0.6) is 0 Å². The van der Waals surface area contributed by atoms with Gasteiger partial charge < -0.3 is 11.1 Å². The first-order chi connectivity index (χ1) is 10.7. The molecule has 3 rings (SSSR count). The molecule has 0 unspecified atom stereocenters. The van der Waals surface area contributed by atoms with Crippen molar-refractivity contribution in [2.24, 2.45) is 0 Å². The number of carbonyl (C=O) groups excluding carboxylic acids is 1. The van der Waals surface area contributed by atoms with Crippen molar-refractivity contribution in [3.05, 3.63) is 59.8 Å². The van der Waals surface area contributed by atoms with Gasteiger partial charge in [-0.15, -0.1) is 0 Å². The van der Waals surface area contributed by atoms with Crippen molar-refractivity contribution in [2.75, 3.05) is 11.1 Å². The molecule has 3 N–H and O–H groups in total. The molecule has 0 atom stereocenters. The van der Waals surface area contributed by atoms with Crippen LogP contribution in [0.2, 0.25) is 0 Å². The van der Waals surface area contributed by atoms with E-state index in [1.54, 1.807) is 12.3 Å². The fourth-order valence-electron chi connectivity index (χ4n) is 2.22. The molecule has 2 aromatic carbocycles. The highest BCUT2D eigenvalue weighted by Crippen LogP contribution is 2.18. The topological polar surface area (TPSA) is 80.9 Å². The summed E-state index contributed by atoms with van der Waals surface area (Å²) in [5.41, 5.74) is 8.83. The first-order valence-electron chi connectivity index (χ1n) is 7.08. The van der Waals surface area contributed by atoms with Crippen LogP contribution in [0.4, 0.5) is 11.6 Å². The number of hydrogen-bond donors (Lipinski definition) is 2. The van der Waals surface area contributed by atoms with E-state index in [1.165, 1.54) is 5.56 Å². The highest BCUT2D eigenvalue weighted by Gasteiger charge is 2.07. The summed E-state index contributed by atoms with van der Waals surface area (Å²) in [6.07, 6.45) is 2.60. The minimum absolute atomic E-state index is 0.140. The van der Waals surface area contributed by atoms with Crippen LogP contribution in [-0.2, 0) is 6.42 Å². The predicted octanol–water partition coefficient (Wildman–Crippen LogP) is 3.03. The van der Waals surface area contributed by atoms with Crippen molar-refractivity contribution in [3.63, 3.8) is 0 Å². The van der Waals surface area contributed by atoms with E-state index in [2.05, 4.69) is 22.2 Å². The van der Waals surface area contributed by atoms with Crippen LogP contribution in [0.3, 0.4) is 0 Å². The minimum atomic E-state index is -0.140. The number of nitrogens with one attached hydrogen (secondary N) is 1. The normalized spacial score (nSPS) is 10.6. The average Bonchev–Trinajstić information content (AvgIpc) is 2.55. The summed E-state index contributed by atoms with van der Waals surface area (Å²) in [4.78, 5) is 20.3. The molecule has 110 valence electrons. The van der Waals surface area contributed by atoms with E-state index in [0.29, 0.717) is 11.3 Å². The Morgan fingerprint density at radius 1 is 1.18 bits per heavy atom. The molecular weight excluding hydrogens is 276 g/mol. The first-order valence-corrected chi connectivity index (χ1v) is 7.08. The molecule has 22 heavy (non-hydrogen) atoms. The molecule has 0 fully saturated rings. The Kier molecular flexibility index (Phi) is 3.70. The lowest BCUT2D eigenvalue weighted by molar-refractivity contribution is 0.102. The van der Waals surface area contributed by atoms with Crippen molar-refractivity contribution in [1.82, 2.24) is 9.97 Å². The highest BCUT2D eigenvalue weighted by molar-refractivity contribution is 6.05. The van der Waals surface area contributed by atoms with Crippen molar-refractivity contribution < 1.29 is 4.79 Å². The molecule has 5 nitrogen and oxygen atoms in total. The Hall–Kier alpha value is -2.95. The van der Waals surface area contributed by atoms with Crippen molar-refractivity contribution in [1.29, 1.82) is 0 Å². The third-order valence-electron chi connectivity index (χ3n) is 3.48. The highest BCUT2D eigenvalue weighted by atomic mass is 16.1. The Morgan fingerprint density at radius 2 is 1.95 bits per heavy atom. The van der Waals surface area contributed by atoms with Gasteiger partial charge in [0.2, 0.25) is 5.95 Å². The first kappa shape index (κ1) is 14.0. The van der Waals surface area contributed by atoms with Gasteiger partial charge in [-0.2, -0.15) is 0 Å². The van der Waals surface area contributed by atoms with Crippen LogP contribution in [-0.4, -0.2) is 15.9 Å². The molecule has 5 heteroatoms. The molecule has 1 aromatic heterocycles. The number of fused-ring (bicyclic) bond motifs is 1. The summed E-state index contributed by atoms with van der Waals surface area (Å²) in [7, 11) is 0. The van der Waals surface area contributed by atoms with E-state index in [1.807, 2.05) is 36.4 Å². The van der Waals surface area contributed by atoms with Gasteiger partial charge in [-0.3, -0.25) is 4.79 Å². The molecule has 0 aliphatic rings. The molecule has 0 aliphatic heterocycles. The number of nitrogen functional groups attached to an aromatic ring is 1. The molecule has 0 radical (unpaired) electrons. The summed E-state index contributed by atoms with van der Waals surface area (Å²) < 4.78 is 0. The zero-order chi connectivity index (χ0) is 15.5. The lowest BCUT2D eigenvalue weighted by Gasteiger charge is -2.07. The van der Waals surface area contributed by atoms with Gasteiger partial charge in [-0.1, -0.05) is 19.1 Å². The van der Waals surface area contributed by atoms with Gasteiger partial charge >= 0.3 is 0 Å². The van der Waals surface area contributed by atoms with Gasteiger partial charge in [0.25, 0.3) is 5.91 Å². The maximum atomic E-state index is 12.2. The lowest BCUT2D eigenvalue weighted by atomic mass is 10.1. The van der Waals surface area contributed by atoms with Crippen LogP contribution < -0.4 is 11.1 Å². The van der Waals surface area contributed by atoms with E-state index in [4.69, 9.17) is 5.73 Å². The van der Waals surface area contributed by atoms with Gasteiger partial charge in [0, 0.05) is 22.8 Å². The smallest absolute Gasteiger partial charge is 0.255 e. The van der Waals surface area contributed by atoms with Gasteiger partial charge in [0.1, 0.15) is 0 Å².